The van der Waals surface area contributed by atoms with Crippen LogP contribution in [0.4, 0.5) is 5.69 Å². The van der Waals surface area contributed by atoms with Crippen LogP contribution >= 0.6 is 0 Å². The minimum absolute atomic E-state index is 0.0302. The van der Waals surface area contributed by atoms with Crippen molar-refractivity contribution in [2.45, 2.75) is 29.1 Å². The summed E-state index contributed by atoms with van der Waals surface area (Å²) in [5.74, 6) is -0.0238. The number of benzene rings is 2. The first-order chi connectivity index (χ1) is 13.6. The first-order valence-electron chi connectivity index (χ1n) is 8.73. The van der Waals surface area contributed by atoms with Gasteiger partial charge in [-0.05, 0) is 36.2 Å². The molecular formula is C18H20N4O5S2. The number of carbonyl (C=O) groups excluding carboxylic acids is 1. The molecule has 0 atom stereocenters. The standard InChI is InChI=1S/C18H20N4O5S2/c19-28(24,25)14-7-5-13(6-8-14)11-12-20-18(23)10-9-17-21-15-3-1-2-4-16(15)29(26,27)22-17/h1-8H,9-12H2,(H,20,23)(H,21,22)(H2,19,24,25). The van der Waals surface area contributed by atoms with E-state index < -0.39 is 20.0 Å². The van der Waals surface area contributed by atoms with Crippen molar-refractivity contribution in [3.8, 4) is 0 Å². The van der Waals surface area contributed by atoms with Crippen molar-refractivity contribution in [1.29, 1.82) is 0 Å². The lowest BCUT2D eigenvalue weighted by Gasteiger charge is -2.17. The van der Waals surface area contributed by atoms with Gasteiger partial charge in [0.2, 0.25) is 15.9 Å². The Morgan fingerprint density at radius 3 is 2.45 bits per heavy atom. The fourth-order valence-corrected chi connectivity index (χ4v) is 4.50. The largest absolute Gasteiger partial charge is 0.356 e. The van der Waals surface area contributed by atoms with Crippen molar-refractivity contribution in [3.63, 3.8) is 0 Å². The maximum Gasteiger partial charge on any atom is 0.264 e. The first-order valence-corrected chi connectivity index (χ1v) is 11.8. The number of carbonyl (C=O) groups is 1. The molecule has 0 aliphatic carbocycles. The number of para-hydroxylation sites is 1. The Kier molecular flexibility index (Phi) is 6.01. The normalized spacial score (nSPS) is 15.0. The molecule has 2 aromatic rings. The number of fused-ring (bicyclic) bond motifs is 1. The lowest BCUT2D eigenvalue weighted by molar-refractivity contribution is -0.120. The topological polar surface area (TPSA) is 148 Å². The molecule has 11 heteroatoms. The van der Waals surface area contributed by atoms with Gasteiger partial charge in [0, 0.05) is 19.4 Å². The molecule has 154 valence electrons. The van der Waals surface area contributed by atoms with Gasteiger partial charge >= 0.3 is 0 Å². The van der Waals surface area contributed by atoms with Crippen LogP contribution in [0.25, 0.3) is 0 Å². The maximum absolute atomic E-state index is 12.2. The van der Waals surface area contributed by atoms with Crippen LogP contribution in [0.3, 0.4) is 0 Å². The molecule has 0 unspecified atom stereocenters. The molecule has 1 aliphatic rings. The molecule has 0 bridgehead atoms. The van der Waals surface area contributed by atoms with Crippen LogP contribution in [0.15, 0.2) is 63.3 Å². The number of amides is 1. The van der Waals surface area contributed by atoms with E-state index in [1.807, 2.05) is 0 Å². The molecule has 29 heavy (non-hydrogen) atoms. The summed E-state index contributed by atoms with van der Waals surface area (Å²) in [7, 11) is -7.40. The quantitative estimate of drug-likeness (QED) is 0.587. The minimum atomic E-state index is -3.73. The zero-order valence-electron chi connectivity index (χ0n) is 15.3. The van der Waals surface area contributed by atoms with E-state index in [2.05, 4.69) is 15.0 Å². The molecule has 2 aromatic carbocycles. The summed E-state index contributed by atoms with van der Waals surface area (Å²) in [6.45, 7) is 0.356. The van der Waals surface area contributed by atoms with E-state index in [4.69, 9.17) is 5.14 Å². The van der Waals surface area contributed by atoms with Gasteiger partial charge in [-0.15, -0.1) is 0 Å². The van der Waals surface area contributed by atoms with Crippen LogP contribution in [-0.4, -0.2) is 35.1 Å². The lowest BCUT2D eigenvalue weighted by Crippen LogP contribution is -2.34. The van der Waals surface area contributed by atoms with E-state index in [-0.39, 0.29) is 34.4 Å². The van der Waals surface area contributed by atoms with E-state index in [9.17, 15) is 21.6 Å². The summed E-state index contributed by atoms with van der Waals surface area (Å²) in [4.78, 5) is 16.4. The molecule has 0 spiro atoms. The first kappa shape index (κ1) is 21.0. The number of nitrogens with zero attached hydrogens (tertiary/aromatic N) is 1. The number of amidine groups is 1. The SMILES string of the molecule is NS(=O)(=O)c1ccc(CCNC(=O)CCC2=Nc3ccccc3S(=O)(=O)N2)cc1. The number of primary sulfonamides is 1. The fraction of sp³-hybridized carbons (Fsp3) is 0.222. The number of nitrogens with two attached hydrogens (primary N) is 1. The Balaban J connectivity index is 1.49. The molecule has 0 radical (unpaired) electrons. The molecular weight excluding hydrogens is 416 g/mol. The number of aliphatic imine (C=N–C) groups is 1. The Bertz CT molecular complexity index is 1160. The van der Waals surface area contributed by atoms with Crippen LogP contribution in [0.1, 0.15) is 18.4 Å². The zero-order chi connectivity index (χ0) is 21.1. The number of nitrogens with one attached hydrogen (secondary N) is 2. The summed E-state index contributed by atoms with van der Waals surface area (Å²) in [5, 5.41) is 7.79. The number of hydrogen-bond donors (Lipinski definition) is 3. The molecule has 4 N–H and O–H groups in total. The van der Waals surface area contributed by atoms with Crippen LogP contribution in [-0.2, 0) is 31.3 Å². The van der Waals surface area contributed by atoms with Crippen molar-refractivity contribution in [2.24, 2.45) is 10.1 Å². The average molecular weight is 437 g/mol. The molecule has 0 aromatic heterocycles. The Morgan fingerprint density at radius 1 is 1.07 bits per heavy atom. The van der Waals surface area contributed by atoms with Gasteiger partial charge in [0.1, 0.15) is 10.7 Å². The van der Waals surface area contributed by atoms with E-state index in [0.717, 1.165) is 5.56 Å². The second kappa shape index (κ2) is 8.31. The average Bonchev–Trinajstić information content (AvgIpc) is 2.66. The number of rotatable bonds is 7. The van der Waals surface area contributed by atoms with Gasteiger partial charge in [0.25, 0.3) is 10.0 Å². The van der Waals surface area contributed by atoms with Gasteiger partial charge in [-0.3, -0.25) is 9.52 Å². The highest BCUT2D eigenvalue weighted by molar-refractivity contribution is 7.90. The van der Waals surface area contributed by atoms with Gasteiger partial charge in [-0.2, -0.15) is 0 Å². The summed E-state index contributed by atoms with van der Waals surface area (Å²) in [6, 6.07) is 12.5. The van der Waals surface area contributed by atoms with Gasteiger partial charge in [0.05, 0.1) is 10.6 Å². The van der Waals surface area contributed by atoms with Crippen LogP contribution in [0.5, 0.6) is 0 Å². The molecule has 1 heterocycles. The predicted octanol–water partition coefficient (Wildman–Crippen LogP) is 0.795. The van der Waals surface area contributed by atoms with Crippen LogP contribution in [0.2, 0.25) is 0 Å². The monoisotopic (exact) mass is 436 g/mol. The van der Waals surface area contributed by atoms with Crippen molar-refractivity contribution in [3.05, 3.63) is 54.1 Å². The second-order valence-corrected chi connectivity index (χ2v) is 9.63. The molecule has 1 aliphatic heterocycles. The van der Waals surface area contributed by atoms with Crippen LogP contribution < -0.4 is 15.2 Å². The van der Waals surface area contributed by atoms with Gasteiger partial charge in [-0.25, -0.2) is 27.0 Å². The Morgan fingerprint density at radius 2 is 1.76 bits per heavy atom. The van der Waals surface area contributed by atoms with Gasteiger partial charge in [-0.1, -0.05) is 24.3 Å². The summed E-state index contributed by atoms with van der Waals surface area (Å²) in [5.41, 5.74) is 1.20. The molecule has 0 fully saturated rings. The zero-order valence-corrected chi connectivity index (χ0v) is 17.0. The van der Waals surface area contributed by atoms with E-state index in [1.165, 1.54) is 18.2 Å². The molecule has 3 rings (SSSR count). The highest BCUT2D eigenvalue weighted by Crippen LogP contribution is 2.27. The van der Waals surface area contributed by atoms with E-state index >= 15 is 0 Å². The molecule has 0 saturated carbocycles. The lowest BCUT2D eigenvalue weighted by atomic mass is 10.1. The fourth-order valence-electron chi connectivity index (χ4n) is 2.77. The summed E-state index contributed by atoms with van der Waals surface area (Å²) >= 11 is 0. The van der Waals surface area contributed by atoms with Crippen molar-refractivity contribution >= 4 is 37.5 Å². The molecule has 0 saturated heterocycles. The maximum atomic E-state index is 12.2. The molecule has 1 amide bonds. The minimum Gasteiger partial charge on any atom is -0.356 e. The van der Waals surface area contributed by atoms with Crippen molar-refractivity contribution < 1.29 is 21.6 Å². The predicted molar refractivity (Wildman–Crippen MR) is 108 cm³/mol. The summed E-state index contributed by atoms with van der Waals surface area (Å²) < 4.78 is 49.2. The summed E-state index contributed by atoms with van der Waals surface area (Å²) in [6.07, 6.45) is 0.744. The third-order valence-electron chi connectivity index (χ3n) is 4.24. The van der Waals surface area contributed by atoms with Crippen LogP contribution in [0, 0.1) is 0 Å². The smallest absolute Gasteiger partial charge is 0.264 e. The molecule has 9 nitrogen and oxygen atoms in total. The number of hydrogen-bond acceptors (Lipinski definition) is 6. The third-order valence-corrected chi connectivity index (χ3v) is 6.60. The van der Waals surface area contributed by atoms with Gasteiger partial charge < -0.3 is 5.32 Å². The van der Waals surface area contributed by atoms with Gasteiger partial charge in [0.15, 0.2) is 0 Å². The van der Waals surface area contributed by atoms with Crippen molar-refractivity contribution in [1.82, 2.24) is 10.0 Å². The van der Waals surface area contributed by atoms with Crippen molar-refractivity contribution in [2.75, 3.05) is 6.54 Å². The van der Waals surface area contributed by atoms with E-state index in [1.54, 1.807) is 30.3 Å². The Hall–Kier alpha value is -2.76. The highest BCUT2D eigenvalue weighted by Gasteiger charge is 2.24. The Labute approximate surface area is 169 Å². The third kappa shape index (κ3) is 5.40. The highest BCUT2D eigenvalue weighted by atomic mass is 32.2. The second-order valence-electron chi connectivity index (χ2n) is 6.42. The number of sulfonamides is 2. The van der Waals surface area contributed by atoms with E-state index in [0.29, 0.717) is 18.7 Å².